The molecule has 0 heterocycles. The van der Waals surface area contributed by atoms with Crippen LogP contribution in [0.1, 0.15) is 5.56 Å². The number of halogens is 4. The third-order valence-electron chi connectivity index (χ3n) is 2.53. The summed E-state index contributed by atoms with van der Waals surface area (Å²) >= 11 is 21.4. The van der Waals surface area contributed by atoms with E-state index in [4.69, 9.17) is 34.8 Å². The Bertz CT molecular complexity index is 662. The van der Waals surface area contributed by atoms with Gasteiger partial charge >= 0.3 is 0 Å². The summed E-state index contributed by atoms with van der Waals surface area (Å²) in [5.41, 5.74) is 4.38. The maximum atomic E-state index is 6.04. The highest BCUT2D eigenvalue weighted by Crippen LogP contribution is 2.33. The molecular weight excluding hydrogens is 394 g/mol. The van der Waals surface area contributed by atoms with Crippen molar-refractivity contribution in [3.8, 4) is 0 Å². The summed E-state index contributed by atoms with van der Waals surface area (Å²) < 4.78 is 0.918. The standard InChI is InChI=1S/C15H10BrCl3N2/c16-12(10-4-2-1-3-5-10)6-7-20-21-15-13(18)8-11(17)9-14(15)19/h1-9,21H/b12-6-,20-7+. The molecule has 0 saturated carbocycles. The number of nitrogens with one attached hydrogen (secondary N) is 1. The lowest BCUT2D eigenvalue weighted by molar-refractivity contribution is 1.36. The van der Waals surface area contributed by atoms with E-state index in [0.29, 0.717) is 20.8 Å². The van der Waals surface area contributed by atoms with E-state index < -0.39 is 0 Å². The molecule has 0 bridgehead atoms. The molecular formula is C15H10BrCl3N2. The maximum absolute atomic E-state index is 6.04. The fourth-order valence-corrected chi connectivity index (χ4v) is 2.83. The van der Waals surface area contributed by atoms with Crippen LogP contribution in [0.4, 0.5) is 5.69 Å². The highest BCUT2D eigenvalue weighted by Gasteiger charge is 2.06. The molecule has 0 aliphatic heterocycles. The fourth-order valence-electron chi connectivity index (χ4n) is 1.55. The van der Waals surface area contributed by atoms with Gasteiger partial charge in [-0.2, -0.15) is 5.10 Å². The van der Waals surface area contributed by atoms with Gasteiger partial charge in [0.2, 0.25) is 0 Å². The second-order valence-corrected chi connectivity index (χ2v) is 6.12. The number of hydrogen-bond donors (Lipinski definition) is 1. The van der Waals surface area contributed by atoms with Crippen molar-refractivity contribution in [1.29, 1.82) is 0 Å². The Labute approximate surface area is 146 Å². The molecule has 0 aromatic heterocycles. The third-order valence-corrected chi connectivity index (χ3v) is 4.06. The van der Waals surface area contributed by atoms with Crippen molar-refractivity contribution in [1.82, 2.24) is 0 Å². The SMILES string of the molecule is Clc1cc(Cl)c(N/N=C/C=C(\Br)c2ccccc2)c(Cl)c1. The summed E-state index contributed by atoms with van der Waals surface area (Å²) in [4.78, 5) is 0. The first-order valence-electron chi connectivity index (χ1n) is 5.93. The second kappa shape index (κ2) is 7.85. The van der Waals surface area contributed by atoms with Crippen molar-refractivity contribution < 1.29 is 0 Å². The average Bonchev–Trinajstić information content (AvgIpc) is 2.46. The highest BCUT2D eigenvalue weighted by molar-refractivity contribution is 9.15. The number of benzene rings is 2. The third kappa shape index (κ3) is 4.75. The Morgan fingerprint density at radius 3 is 2.29 bits per heavy atom. The van der Waals surface area contributed by atoms with Crippen LogP contribution >= 0.6 is 50.7 Å². The number of hydrazone groups is 1. The van der Waals surface area contributed by atoms with E-state index in [9.17, 15) is 0 Å². The first-order chi connectivity index (χ1) is 10.1. The summed E-state index contributed by atoms with van der Waals surface area (Å²) in [7, 11) is 0. The molecule has 0 aliphatic carbocycles. The lowest BCUT2D eigenvalue weighted by Gasteiger charge is -2.06. The molecule has 21 heavy (non-hydrogen) atoms. The van der Waals surface area contributed by atoms with Crippen LogP contribution in [-0.2, 0) is 0 Å². The van der Waals surface area contributed by atoms with Crippen LogP contribution in [0, 0.1) is 0 Å². The fraction of sp³-hybridized carbons (Fsp3) is 0. The van der Waals surface area contributed by atoms with Gasteiger partial charge in [0.1, 0.15) is 0 Å². The lowest BCUT2D eigenvalue weighted by atomic mass is 10.2. The number of hydrogen-bond acceptors (Lipinski definition) is 2. The van der Waals surface area contributed by atoms with Crippen molar-refractivity contribution in [3.63, 3.8) is 0 Å². The Kier molecular flexibility index (Phi) is 6.12. The van der Waals surface area contributed by atoms with Gasteiger partial charge in [-0.1, -0.05) is 81.1 Å². The van der Waals surface area contributed by atoms with Crippen LogP contribution in [0.15, 0.2) is 53.6 Å². The molecule has 0 aliphatic rings. The van der Waals surface area contributed by atoms with Gasteiger partial charge in [0, 0.05) is 15.7 Å². The lowest BCUT2D eigenvalue weighted by Crippen LogP contribution is -1.91. The maximum Gasteiger partial charge on any atom is 0.0935 e. The first kappa shape index (κ1) is 16.4. The molecule has 2 aromatic rings. The van der Waals surface area contributed by atoms with Gasteiger partial charge in [0.25, 0.3) is 0 Å². The largest absolute Gasteiger partial charge is 0.275 e. The zero-order valence-electron chi connectivity index (χ0n) is 10.7. The smallest absolute Gasteiger partial charge is 0.0935 e. The highest BCUT2D eigenvalue weighted by atomic mass is 79.9. The normalized spacial score (nSPS) is 11.9. The van der Waals surface area contributed by atoms with Crippen LogP contribution in [0.5, 0.6) is 0 Å². The molecule has 0 radical (unpaired) electrons. The van der Waals surface area contributed by atoms with Gasteiger partial charge in [0.15, 0.2) is 0 Å². The second-order valence-electron chi connectivity index (χ2n) is 4.02. The minimum Gasteiger partial charge on any atom is -0.275 e. The Hall–Kier alpha value is -1.00. The summed E-state index contributed by atoms with van der Waals surface area (Å²) in [5.74, 6) is 0. The van der Waals surface area contributed by atoms with Crippen molar-refractivity contribution in [2.24, 2.45) is 5.10 Å². The Balaban J connectivity index is 2.07. The molecule has 2 nitrogen and oxygen atoms in total. The van der Waals surface area contributed by atoms with E-state index in [0.717, 1.165) is 10.0 Å². The van der Waals surface area contributed by atoms with Gasteiger partial charge < -0.3 is 0 Å². The van der Waals surface area contributed by atoms with E-state index in [2.05, 4.69) is 26.5 Å². The van der Waals surface area contributed by atoms with Crippen LogP contribution in [0.3, 0.4) is 0 Å². The molecule has 0 fully saturated rings. The summed E-state index contributed by atoms with van der Waals surface area (Å²) in [6.45, 7) is 0. The van der Waals surface area contributed by atoms with Gasteiger partial charge in [-0.15, -0.1) is 0 Å². The zero-order valence-corrected chi connectivity index (χ0v) is 14.5. The molecule has 108 valence electrons. The topological polar surface area (TPSA) is 24.4 Å². The molecule has 0 spiro atoms. The number of anilines is 1. The minimum atomic E-state index is 0.413. The van der Waals surface area contributed by atoms with E-state index in [1.807, 2.05) is 36.4 Å². The van der Waals surface area contributed by atoms with Crippen LogP contribution in [-0.4, -0.2) is 6.21 Å². The number of nitrogens with zero attached hydrogens (tertiary/aromatic N) is 1. The van der Waals surface area contributed by atoms with Gasteiger partial charge in [-0.25, -0.2) is 0 Å². The van der Waals surface area contributed by atoms with Crippen LogP contribution in [0.25, 0.3) is 4.48 Å². The number of rotatable bonds is 4. The molecule has 6 heteroatoms. The molecule has 1 N–H and O–H groups in total. The Morgan fingerprint density at radius 1 is 1.05 bits per heavy atom. The summed E-state index contributed by atoms with van der Waals surface area (Å²) in [6, 6.07) is 13.1. The minimum absolute atomic E-state index is 0.413. The Morgan fingerprint density at radius 2 is 1.67 bits per heavy atom. The molecule has 0 saturated heterocycles. The van der Waals surface area contributed by atoms with Gasteiger partial charge in [-0.3, -0.25) is 5.43 Å². The molecule has 0 atom stereocenters. The van der Waals surface area contributed by atoms with Crippen molar-refractivity contribution in [3.05, 3.63) is 69.2 Å². The van der Waals surface area contributed by atoms with E-state index in [-0.39, 0.29) is 0 Å². The quantitative estimate of drug-likeness (QED) is 0.458. The monoisotopic (exact) mass is 402 g/mol. The first-order valence-corrected chi connectivity index (χ1v) is 7.85. The van der Waals surface area contributed by atoms with Crippen molar-refractivity contribution >= 4 is 67.1 Å². The predicted molar refractivity (Wildman–Crippen MR) is 96.9 cm³/mol. The van der Waals surface area contributed by atoms with Crippen molar-refractivity contribution in [2.45, 2.75) is 0 Å². The number of allylic oxidation sites excluding steroid dienone is 1. The molecule has 2 rings (SSSR count). The van der Waals surface area contributed by atoms with Crippen LogP contribution in [0.2, 0.25) is 15.1 Å². The zero-order chi connectivity index (χ0) is 15.2. The predicted octanol–water partition coefficient (Wildman–Crippen LogP) is 6.48. The van der Waals surface area contributed by atoms with Gasteiger partial charge in [-0.05, 0) is 23.8 Å². The molecule has 2 aromatic carbocycles. The summed E-state index contributed by atoms with van der Waals surface area (Å²) in [5, 5.41) is 5.37. The van der Waals surface area contributed by atoms with Crippen molar-refractivity contribution in [2.75, 3.05) is 5.43 Å². The van der Waals surface area contributed by atoms with E-state index in [1.165, 1.54) is 0 Å². The average molecular weight is 405 g/mol. The van der Waals surface area contributed by atoms with E-state index in [1.54, 1.807) is 18.3 Å². The van der Waals surface area contributed by atoms with Crippen LogP contribution < -0.4 is 5.43 Å². The molecule has 0 amide bonds. The van der Waals surface area contributed by atoms with Gasteiger partial charge in [0.05, 0.1) is 15.7 Å². The van der Waals surface area contributed by atoms with E-state index >= 15 is 0 Å². The summed E-state index contributed by atoms with van der Waals surface area (Å²) in [6.07, 6.45) is 3.43. The molecule has 0 unspecified atom stereocenters.